The Kier molecular flexibility index (Phi) is 3.78. The molecule has 0 aliphatic carbocycles. The summed E-state index contributed by atoms with van der Waals surface area (Å²) in [6.45, 7) is 1.94. The number of anilines is 2. The van der Waals surface area contributed by atoms with Gasteiger partial charge in [0.2, 0.25) is 0 Å². The van der Waals surface area contributed by atoms with E-state index in [0.717, 1.165) is 28.5 Å². The number of hydrogen-bond acceptors (Lipinski definition) is 5. The van der Waals surface area contributed by atoms with Crippen LogP contribution in [0.3, 0.4) is 0 Å². The zero-order chi connectivity index (χ0) is 17.2. The molecule has 2 aromatic heterocycles. The second-order valence-electron chi connectivity index (χ2n) is 5.65. The molecule has 1 N–H and O–H groups in total. The van der Waals surface area contributed by atoms with E-state index in [9.17, 15) is 0 Å². The maximum Gasteiger partial charge on any atom is 0.254 e. The first-order valence-electron chi connectivity index (χ1n) is 7.94. The molecule has 0 bridgehead atoms. The van der Waals surface area contributed by atoms with Crippen molar-refractivity contribution in [1.29, 1.82) is 0 Å². The predicted molar refractivity (Wildman–Crippen MR) is 97.2 cm³/mol. The first-order valence-corrected chi connectivity index (χ1v) is 7.94. The monoisotopic (exact) mass is 331 g/mol. The Labute approximate surface area is 145 Å². The van der Waals surface area contributed by atoms with E-state index in [0.29, 0.717) is 11.6 Å². The van der Waals surface area contributed by atoms with Gasteiger partial charge in [0.05, 0.1) is 7.11 Å². The van der Waals surface area contributed by atoms with Crippen LogP contribution < -0.4 is 10.1 Å². The molecular weight excluding hydrogens is 314 g/mol. The van der Waals surface area contributed by atoms with Gasteiger partial charge in [-0.3, -0.25) is 0 Å². The minimum atomic E-state index is 0.559. The van der Waals surface area contributed by atoms with Gasteiger partial charge in [-0.2, -0.15) is 9.50 Å². The fourth-order valence-electron chi connectivity index (χ4n) is 2.63. The van der Waals surface area contributed by atoms with E-state index in [1.54, 1.807) is 11.6 Å². The summed E-state index contributed by atoms with van der Waals surface area (Å²) in [7, 11) is 1.65. The van der Waals surface area contributed by atoms with Crippen LogP contribution in [0.2, 0.25) is 0 Å². The van der Waals surface area contributed by atoms with Crippen LogP contribution in [0.4, 0.5) is 11.5 Å². The molecule has 0 radical (unpaired) electrons. The number of methoxy groups -OCH3 is 1. The summed E-state index contributed by atoms with van der Waals surface area (Å²) in [5.74, 6) is 2.79. The molecule has 0 saturated carbocycles. The Morgan fingerprint density at radius 1 is 0.960 bits per heavy atom. The molecule has 2 heterocycles. The fourth-order valence-corrected chi connectivity index (χ4v) is 2.63. The fraction of sp³-hybridized carbons (Fsp3) is 0.105. The summed E-state index contributed by atoms with van der Waals surface area (Å²) in [6, 6.07) is 19.5. The van der Waals surface area contributed by atoms with Gasteiger partial charge in [-0.1, -0.05) is 36.4 Å². The number of nitrogens with zero attached hydrogens (tertiary/aromatic N) is 4. The highest BCUT2D eigenvalue weighted by atomic mass is 16.5. The summed E-state index contributed by atoms with van der Waals surface area (Å²) < 4.78 is 7.00. The van der Waals surface area contributed by atoms with Gasteiger partial charge in [0.15, 0.2) is 5.82 Å². The largest absolute Gasteiger partial charge is 0.497 e. The maximum atomic E-state index is 5.28. The van der Waals surface area contributed by atoms with Crippen LogP contribution in [0.25, 0.3) is 17.2 Å². The topological polar surface area (TPSA) is 64.3 Å². The van der Waals surface area contributed by atoms with Gasteiger partial charge in [0.1, 0.15) is 11.6 Å². The first kappa shape index (κ1) is 15.1. The van der Waals surface area contributed by atoms with Gasteiger partial charge in [-0.05, 0) is 19.1 Å². The van der Waals surface area contributed by atoms with Gasteiger partial charge in [-0.25, -0.2) is 4.98 Å². The molecule has 4 rings (SSSR count). The highest BCUT2D eigenvalue weighted by Gasteiger charge is 2.11. The van der Waals surface area contributed by atoms with Crippen molar-refractivity contribution in [1.82, 2.24) is 19.6 Å². The molecule has 0 fully saturated rings. The maximum absolute atomic E-state index is 5.28. The number of ether oxygens (including phenoxy) is 1. The van der Waals surface area contributed by atoms with Gasteiger partial charge in [0, 0.05) is 29.1 Å². The van der Waals surface area contributed by atoms with Crippen LogP contribution >= 0.6 is 0 Å². The highest BCUT2D eigenvalue weighted by Crippen LogP contribution is 2.23. The van der Waals surface area contributed by atoms with E-state index in [1.165, 1.54) is 0 Å². The molecule has 124 valence electrons. The molecule has 25 heavy (non-hydrogen) atoms. The van der Waals surface area contributed by atoms with E-state index >= 15 is 0 Å². The van der Waals surface area contributed by atoms with E-state index in [4.69, 9.17) is 4.74 Å². The zero-order valence-corrected chi connectivity index (χ0v) is 14.0. The third-order valence-corrected chi connectivity index (χ3v) is 3.81. The Morgan fingerprint density at radius 2 is 1.80 bits per heavy atom. The van der Waals surface area contributed by atoms with Crippen molar-refractivity contribution in [2.75, 3.05) is 12.4 Å². The average molecular weight is 331 g/mol. The van der Waals surface area contributed by atoms with Crippen molar-refractivity contribution in [2.45, 2.75) is 6.92 Å². The van der Waals surface area contributed by atoms with Crippen LogP contribution in [-0.4, -0.2) is 26.7 Å². The molecule has 0 amide bonds. The second-order valence-corrected chi connectivity index (χ2v) is 5.65. The molecule has 2 aromatic carbocycles. The van der Waals surface area contributed by atoms with Gasteiger partial charge < -0.3 is 10.1 Å². The Morgan fingerprint density at radius 3 is 2.60 bits per heavy atom. The van der Waals surface area contributed by atoms with E-state index < -0.39 is 0 Å². The SMILES string of the molecule is COc1cccc(Nc2cc(C)nc3nc(-c4ccccc4)nn23)c1. The van der Waals surface area contributed by atoms with Crippen molar-refractivity contribution in [3.05, 3.63) is 66.4 Å². The summed E-state index contributed by atoms with van der Waals surface area (Å²) in [5, 5.41) is 7.98. The normalized spacial score (nSPS) is 10.8. The standard InChI is InChI=1S/C19H17N5O/c1-13-11-17(21-15-9-6-10-16(12-15)25-2)24-19(20-13)22-18(23-24)14-7-4-3-5-8-14/h3-12,21H,1-2H3. The summed E-state index contributed by atoms with van der Waals surface area (Å²) in [6.07, 6.45) is 0. The number of aromatic nitrogens is 4. The van der Waals surface area contributed by atoms with Crippen molar-refractivity contribution < 1.29 is 4.74 Å². The van der Waals surface area contributed by atoms with Crippen molar-refractivity contribution in [2.24, 2.45) is 0 Å². The Balaban J connectivity index is 1.79. The number of hydrogen-bond donors (Lipinski definition) is 1. The summed E-state index contributed by atoms with van der Waals surface area (Å²) in [5.41, 5.74) is 2.73. The van der Waals surface area contributed by atoms with Crippen LogP contribution in [0.1, 0.15) is 5.69 Å². The number of aryl methyl sites for hydroxylation is 1. The van der Waals surface area contributed by atoms with Gasteiger partial charge >= 0.3 is 0 Å². The average Bonchev–Trinajstić information content (AvgIpc) is 3.07. The molecule has 6 heteroatoms. The zero-order valence-electron chi connectivity index (χ0n) is 14.0. The Hall–Kier alpha value is -3.41. The first-order chi connectivity index (χ1) is 12.2. The second kappa shape index (κ2) is 6.24. The summed E-state index contributed by atoms with van der Waals surface area (Å²) in [4.78, 5) is 9.04. The van der Waals surface area contributed by atoms with Crippen LogP contribution in [-0.2, 0) is 0 Å². The lowest BCUT2D eigenvalue weighted by Gasteiger charge is -2.09. The number of nitrogens with one attached hydrogen (secondary N) is 1. The minimum Gasteiger partial charge on any atom is -0.497 e. The Bertz CT molecular complexity index is 1030. The van der Waals surface area contributed by atoms with Gasteiger partial charge in [0.25, 0.3) is 5.78 Å². The highest BCUT2D eigenvalue weighted by molar-refractivity contribution is 5.63. The molecule has 0 aliphatic rings. The van der Waals surface area contributed by atoms with Gasteiger partial charge in [-0.15, -0.1) is 5.10 Å². The van der Waals surface area contributed by atoms with Crippen molar-refractivity contribution in [3.63, 3.8) is 0 Å². The predicted octanol–water partition coefficient (Wildman–Crippen LogP) is 3.85. The van der Waals surface area contributed by atoms with Crippen molar-refractivity contribution in [3.8, 4) is 17.1 Å². The van der Waals surface area contributed by atoms with Crippen LogP contribution in [0, 0.1) is 6.92 Å². The molecule has 6 nitrogen and oxygen atoms in total. The molecular formula is C19H17N5O. The lowest BCUT2D eigenvalue weighted by molar-refractivity contribution is 0.415. The minimum absolute atomic E-state index is 0.559. The summed E-state index contributed by atoms with van der Waals surface area (Å²) >= 11 is 0. The van der Waals surface area contributed by atoms with E-state index in [-0.39, 0.29) is 0 Å². The van der Waals surface area contributed by atoms with Crippen molar-refractivity contribution >= 4 is 17.3 Å². The van der Waals surface area contributed by atoms with E-state index in [1.807, 2.05) is 67.6 Å². The molecule has 4 aromatic rings. The molecule has 0 aliphatic heterocycles. The lowest BCUT2D eigenvalue weighted by Crippen LogP contribution is -2.02. The van der Waals surface area contributed by atoms with Crippen LogP contribution in [0.15, 0.2) is 60.7 Å². The molecule has 0 unspecified atom stereocenters. The smallest absolute Gasteiger partial charge is 0.254 e. The lowest BCUT2D eigenvalue weighted by atomic mass is 10.2. The molecule has 0 saturated heterocycles. The number of fused-ring (bicyclic) bond motifs is 1. The molecule has 0 spiro atoms. The third kappa shape index (κ3) is 3.01. The number of benzene rings is 2. The van der Waals surface area contributed by atoms with Crippen LogP contribution in [0.5, 0.6) is 5.75 Å². The number of rotatable bonds is 4. The quantitative estimate of drug-likeness (QED) is 0.615. The third-order valence-electron chi connectivity index (χ3n) is 3.81. The molecule has 0 atom stereocenters. The van der Waals surface area contributed by atoms with E-state index in [2.05, 4.69) is 20.4 Å².